The molecule has 0 fully saturated rings. The van der Waals surface area contributed by atoms with Crippen molar-refractivity contribution in [3.63, 3.8) is 0 Å². The van der Waals surface area contributed by atoms with E-state index in [2.05, 4.69) is 20.4 Å². The van der Waals surface area contributed by atoms with E-state index >= 15 is 0 Å². The Hall–Kier alpha value is -3.18. The van der Waals surface area contributed by atoms with Crippen LogP contribution in [0.1, 0.15) is 34.8 Å². The Morgan fingerprint density at radius 1 is 1.23 bits per heavy atom. The first kappa shape index (κ1) is 21.1. The number of carbonyl (C=O) groups is 1. The van der Waals surface area contributed by atoms with Crippen LogP contribution in [0.4, 0.5) is 4.39 Å². The molecule has 0 aliphatic heterocycles. The number of rotatable bonds is 6. The van der Waals surface area contributed by atoms with Crippen LogP contribution in [0.3, 0.4) is 0 Å². The first-order chi connectivity index (χ1) is 14.8. The van der Waals surface area contributed by atoms with E-state index in [4.69, 9.17) is 0 Å². The normalized spacial score (nSPS) is 12.7. The topological polar surface area (TPSA) is 107 Å². The highest BCUT2D eigenvalue weighted by Crippen LogP contribution is 2.25. The molecule has 4 rings (SSSR count). The van der Waals surface area contributed by atoms with Gasteiger partial charge in [-0.3, -0.25) is 9.78 Å². The highest BCUT2D eigenvalue weighted by atomic mass is 32.2. The highest BCUT2D eigenvalue weighted by Gasteiger charge is 2.22. The summed E-state index contributed by atoms with van der Waals surface area (Å²) in [5.74, 6) is -0.732. The average Bonchev–Trinajstić information content (AvgIpc) is 3.39. The lowest BCUT2D eigenvalue weighted by atomic mass is 10.1. The summed E-state index contributed by atoms with van der Waals surface area (Å²) in [6.07, 6.45) is 6.21. The number of carbonyl (C=O) groups excluding carboxylic acids is 1. The molecule has 3 aromatic heterocycles. The maximum atomic E-state index is 13.2. The number of amides is 1. The average molecular weight is 460 g/mol. The van der Waals surface area contributed by atoms with Crippen LogP contribution < -0.4 is 5.32 Å². The van der Waals surface area contributed by atoms with Gasteiger partial charge in [0.05, 0.1) is 35.2 Å². The number of hydrogen-bond acceptors (Lipinski definition) is 7. The van der Waals surface area contributed by atoms with E-state index in [1.807, 2.05) is 6.92 Å². The molecule has 8 nitrogen and oxygen atoms in total. The molecule has 0 saturated carbocycles. The predicted octanol–water partition coefficient (Wildman–Crippen LogP) is 3.30. The second-order valence-corrected chi connectivity index (χ2v) is 9.74. The fourth-order valence-electron chi connectivity index (χ4n) is 3.09. The number of halogens is 1. The largest absolute Gasteiger partial charge is 0.343 e. The van der Waals surface area contributed by atoms with Gasteiger partial charge in [-0.15, -0.1) is 11.3 Å². The van der Waals surface area contributed by atoms with E-state index < -0.39 is 15.9 Å². The van der Waals surface area contributed by atoms with E-state index in [1.165, 1.54) is 35.0 Å². The molecule has 11 heteroatoms. The number of sulfone groups is 1. The summed E-state index contributed by atoms with van der Waals surface area (Å²) in [7, 11) is -3.42. The van der Waals surface area contributed by atoms with Gasteiger partial charge in [0.15, 0.2) is 14.9 Å². The second-order valence-electron chi connectivity index (χ2n) is 6.88. The summed E-state index contributed by atoms with van der Waals surface area (Å²) in [6, 6.07) is 5.39. The number of pyridine rings is 1. The van der Waals surface area contributed by atoms with Gasteiger partial charge in [0.2, 0.25) is 0 Å². The van der Waals surface area contributed by atoms with Crippen molar-refractivity contribution in [1.82, 2.24) is 25.1 Å². The number of nitrogens with zero attached hydrogens (tertiary/aromatic N) is 4. The van der Waals surface area contributed by atoms with E-state index in [-0.39, 0.29) is 16.8 Å². The molecule has 160 valence electrons. The van der Waals surface area contributed by atoms with Crippen molar-refractivity contribution in [2.24, 2.45) is 0 Å². The fraction of sp³-hybridized carbons (Fsp3) is 0.200. The van der Waals surface area contributed by atoms with Crippen molar-refractivity contribution >= 4 is 38.0 Å². The van der Waals surface area contributed by atoms with Crippen LogP contribution in [-0.4, -0.2) is 40.3 Å². The molecule has 0 radical (unpaired) electrons. The van der Waals surface area contributed by atoms with E-state index in [0.29, 0.717) is 33.6 Å². The monoisotopic (exact) mass is 459 g/mol. The number of aromatic nitrogens is 4. The molecule has 3 heterocycles. The van der Waals surface area contributed by atoms with Gasteiger partial charge in [0.25, 0.3) is 5.91 Å². The first-order valence-corrected chi connectivity index (χ1v) is 12.1. The number of thiazole rings is 1. The van der Waals surface area contributed by atoms with E-state index in [1.54, 1.807) is 29.2 Å². The standard InChI is InChI=1S/C20H18FN5O3S2/c1-3-16(20-25-18(11-30-20)31(2,28)29)24-19(27)15-8-22-10-17-14(15)9-23-26(17)13-6-4-12(21)5-7-13/h4-11,16H,3H2,1-2H3,(H,24,27)/t16-/m0/s1. The lowest BCUT2D eigenvalue weighted by Gasteiger charge is -2.14. The van der Waals surface area contributed by atoms with Crippen molar-refractivity contribution in [3.05, 3.63) is 64.6 Å². The molecule has 0 bridgehead atoms. The molecule has 1 N–H and O–H groups in total. The van der Waals surface area contributed by atoms with Crippen LogP contribution in [0, 0.1) is 5.82 Å². The molecule has 0 aliphatic rings. The molecule has 4 aromatic rings. The summed E-state index contributed by atoms with van der Waals surface area (Å²) in [5, 5.41) is 9.78. The molecule has 0 spiro atoms. The molecule has 1 amide bonds. The van der Waals surface area contributed by atoms with Gasteiger partial charge in [-0.05, 0) is 30.7 Å². The quantitative estimate of drug-likeness (QED) is 0.474. The van der Waals surface area contributed by atoms with E-state index in [0.717, 1.165) is 6.26 Å². The minimum Gasteiger partial charge on any atom is -0.343 e. The molecule has 1 atom stereocenters. The zero-order valence-electron chi connectivity index (χ0n) is 16.6. The van der Waals surface area contributed by atoms with Gasteiger partial charge in [0, 0.05) is 23.2 Å². The third-order valence-electron chi connectivity index (χ3n) is 4.71. The van der Waals surface area contributed by atoms with Gasteiger partial charge in [-0.1, -0.05) is 6.92 Å². The van der Waals surface area contributed by atoms with Crippen LogP contribution in [-0.2, 0) is 9.84 Å². The van der Waals surface area contributed by atoms with Crippen molar-refractivity contribution in [1.29, 1.82) is 0 Å². The van der Waals surface area contributed by atoms with Gasteiger partial charge in [-0.25, -0.2) is 22.5 Å². The zero-order chi connectivity index (χ0) is 22.2. The summed E-state index contributed by atoms with van der Waals surface area (Å²) < 4.78 is 38.2. The third-order valence-corrected chi connectivity index (χ3v) is 6.78. The van der Waals surface area contributed by atoms with Crippen LogP contribution in [0.5, 0.6) is 0 Å². The summed E-state index contributed by atoms with van der Waals surface area (Å²) >= 11 is 1.18. The lowest BCUT2D eigenvalue weighted by Crippen LogP contribution is -2.28. The van der Waals surface area contributed by atoms with Crippen molar-refractivity contribution < 1.29 is 17.6 Å². The Morgan fingerprint density at radius 3 is 2.61 bits per heavy atom. The molecule has 0 saturated heterocycles. The second kappa shape index (κ2) is 8.16. The molecular formula is C20H18FN5O3S2. The summed E-state index contributed by atoms with van der Waals surface area (Å²) in [6.45, 7) is 1.87. The molecule has 31 heavy (non-hydrogen) atoms. The van der Waals surface area contributed by atoms with Gasteiger partial charge in [0.1, 0.15) is 10.8 Å². The smallest absolute Gasteiger partial charge is 0.254 e. The van der Waals surface area contributed by atoms with Crippen LogP contribution >= 0.6 is 11.3 Å². The van der Waals surface area contributed by atoms with Gasteiger partial charge in [-0.2, -0.15) is 5.10 Å². The van der Waals surface area contributed by atoms with Crippen molar-refractivity contribution in [3.8, 4) is 5.69 Å². The summed E-state index contributed by atoms with van der Waals surface area (Å²) in [4.78, 5) is 21.3. The van der Waals surface area contributed by atoms with Crippen molar-refractivity contribution in [2.75, 3.05) is 6.26 Å². The van der Waals surface area contributed by atoms with Crippen LogP contribution in [0.2, 0.25) is 0 Å². The van der Waals surface area contributed by atoms with Crippen LogP contribution in [0.25, 0.3) is 16.6 Å². The maximum absolute atomic E-state index is 13.2. The Kier molecular flexibility index (Phi) is 5.54. The first-order valence-electron chi connectivity index (χ1n) is 9.32. The maximum Gasteiger partial charge on any atom is 0.254 e. The lowest BCUT2D eigenvalue weighted by molar-refractivity contribution is 0.0936. The molecule has 0 unspecified atom stereocenters. The predicted molar refractivity (Wildman–Crippen MR) is 115 cm³/mol. The Balaban J connectivity index is 1.64. The molecular weight excluding hydrogens is 441 g/mol. The van der Waals surface area contributed by atoms with Crippen molar-refractivity contribution in [2.45, 2.75) is 24.4 Å². The van der Waals surface area contributed by atoms with E-state index in [9.17, 15) is 17.6 Å². The minimum absolute atomic E-state index is 0.00968. The number of hydrogen-bond donors (Lipinski definition) is 1. The highest BCUT2D eigenvalue weighted by molar-refractivity contribution is 7.90. The minimum atomic E-state index is -3.42. The van der Waals surface area contributed by atoms with Crippen LogP contribution in [0.15, 0.2) is 53.3 Å². The Labute approximate surface area is 181 Å². The third kappa shape index (κ3) is 4.19. The fourth-order valence-corrected chi connectivity index (χ4v) is 5.07. The number of nitrogens with one attached hydrogen (secondary N) is 1. The number of benzene rings is 1. The number of fused-ring (bicyclic) bond motifs is 1. The SMILES string of the molecule is CC[C@H](NC(=O)c1cncc2c1cnn2-c1ccc(F)cc1)c1nc(S(C)(=O)=O)cs1. The van der Waals surface area contributed by atoms with Gasteiger partial charge >= 0.3 is 0 Å². The Bertz CT molecular complexity index is 1360. The zero-order valence-corrected chi connectivity index (χ0v) is 18.2. The van der Waals surface area contributed by atoms with Gasteiger partial charge < -0.3 is 5.32 Å². The summed E-state index contributed by atoms with van der Waals surface area (Å²) in [5.41, 5.74) is 1.56. The molecule has 1 aromatic carbocycles. The molecule has 0 aliphatic carbocycles. The Morgan fingerprint density at radius 2 is 1.97 bits per heavy atom.